The molecule has 0 saturated heterocycles. The van der Waals surface area contributed by atoms with E-state index in [0.29, 0.717) is 11.7 Å². The first kappa shape index (κ1) is 12.5. The molecule has 0 aliphatic heterocycles. The minimum Gasteiger partial charge on any atom is -0.334 e. The first-order chi connectivity index (χ1) is 10.2. The highest BCUT2D eigenvalue weighted by Gasteiger charge is 2.36. The van der Waals surface area contributed by atoms with Crippen molar-refractivity contribution in [1.29, 1.82) is 0 Å². The lowest BCUT2D eigenvalue weighted by molar-refractivity contribution is 0.372. The first-order valence-corrected chi connectivity index (χ1v) is 7.23. The SMILES string of the molecule is NC1(c2noc(-c3ccc4ncccc4c3)n2)CCCC1. The molecule has 1 saturated carbocycles. The Morgan fingerprint density at radius 3 is 2.86 bits per heavy atom. The third-order valence-corrected chi connectivity index (χ3v) is 4.22. The highest BCUT2D eigenvalue weighted by atomic mass is 16.5. The Kier molecular flexibility index (Phi) is 2.75. The second-order valence-electron chi connectivity index (χ2n) is 5.70. The Morgan fingerprint density at radius 2 is 2.00 bits per heavy atom. The zero-order valence-corrected chi connectivity index (χ0v) is 11.6. The van der Waals surface area contributed by atoms with Gasteiger partial charge in [0.05, 0.1) is 11.1 Å². The van der Waals surface area contributed by atoms with Crippen LogP contribution in [0, 0.1) is 0 Å². The molecule has 5 nitrogen and oxygen atoms in total. The Morgan fingerprint density at radius 1 is 1.14 bits per heavy atom. The fourth-order valence-corrected chi connectivity index (χ4v) is 2.98. The summed E-state index contributed by atoms with van der Waals surface area (Å²) in [5.74, 6) is 1.15. The standard InChI is InChI=1S/C16H16N4O/c17-16(7-1-2-8-16)15-19-14(21-20-15)12-5-6-13-11(10-12)4-3-9-18-13/h3-6,9-10H,1-2,7-8,17H2. The van der Waals surface area contributed by atoms with E-state index in [-0.39, 0.29) is 0 Å². The van der Waals surface area contributed by atoms with Crippen LogP contribution in [0.25, 0.3) is 22.4 Å². The maximum absolute atomic E-state index is 6.37. The minimum atomic E-state index is -0.417. The summed E-state index contributed by atoms with van der Waals surface area (Å²) in [5, 5.41) is 5.15. The molecular formula is C16H16N4O. The van der Waals surface area contributed by atoms with E-state index < -0.39 is 5.54 Å². The number of hydrogen-bond acceptors (Lipinski definition) is 5. The van der Waals surface area contributed by atoms with E-state index in [4.69, 9.17) is 10.3 Å². The van der Waals surface area contributed by atoms with Gasteiger partial charge in [-0.25, -0.2) is 0 Å². The van der Waals surface area contributed by atoms with Crippen LogP contribution in [0.5, 0.6) is 0 Å². The molecule has 1 aliphatic carbocycles. The van der Waals surface area contributed by atoms with E-state index in [1.54, 1.807) is 6.20 Å². The summed E-state index contributed by atoms with van der Waals surface area (Å²) < 4.78 is 5.42. The van der Waals surface area contributed by atoms with Gasteiger partial charge in [-0.2, -0.15) is 4.98 Å². The van der Waals surface area contributed by atoms with Crippen molar-refractivity contribution < 1.29 is 4.52 Å². The summed E-state index contributed by atoms with van der Waals surface area (Å²) in [7, 11) is 0. The quantitative estimate of drug-likeness (QED) is 0.780. The normalized spacial score (nSPS) is 17.4. The van der Waals surface area contributed by atoms with E-state index in [0.717, 1.165) is 42.1 Å². The van der Waals surface area contributed by atoms with Crippen molar-refractivity contribution in [3.05, 3.63) is 42.4 Å². The number of aromatic nitrogens is 3. The molecule has 0 amide bonds. The zero-order valence-electron chi connectivity index (χ0n) is 11.6. The fraction of sp³-hybridized carbons (Fsp3) is 0.312. The second-order valence-corrected chi connectivity index (χ2v) is 5.70. The third kappa shape index (κ3) is 2.10. The van der Waals surface area contributed by atoms with Crippen LogP contribution < -0.4 is 5.73 Å². The number of hydrogen-bond donors (Lipinski definition) is 1. The Bertz CT molecular complexity index is 790. The summed E-state index contributed by atoms with van der Waals surface area (Å²) in [6.07, 6.45) is 5.89. The molecule has 106 valence electrons. The molecule has 2 aromatic heterocycles. The highest BCUT2D eigenvalue weighted by Crippen LogP contribution is 2.35. The number of rotatable bonds is 2. The molecule has 0 spiro atoms. The van der Waals surface area contributed by atoms with Crippen molar-refractivity contribution in [2.24, 2.45) is 5.73 Å². The molecule has 21 heavy (non-hydrogen) atoms. The smallest absolute Gasteiger partial charge is 0.258 e. The number of nitrogens with zero attached hydrogens (tertiary/aromatic N) is 3. The van der Waals surface area contributed by atoms with Crippen molar-refractivity contribution in [3.63, 3.8) is 0 Å². The summed E-state index contributed by atoms with van der Waals surface area (Å²) in [5.41, 5.74) is 7.80. The van der Waals surface area contributed by atoms with Crippen LogP contribution in [0.3, 0.4) is 0 Å². The number of benzene rings is 1. The van der Waals surface area contributed by atoms with Gasteiger partial charge < -0.3 is 10.3 Å². The summed E-state index contributed by atoms with van der Waals surface area (Å²) in [6.45, 7) is 0. The van der Waals surface area contributed by atoms with Gasteiger partial charge in [-0.05, 0) is 37.1 Å². The third-order valence-electron chi connectivity index (χ3n) is 4.22. The van der Waals surface area contributed by atoms with Crippen molar-refractivity contribution in [1.82, 2.24) is 15.1 Å². The molecule has 0 atom stereocenters. The van der Waals surface area contributed by atoms with E-state index in [1.165, 1.54) is 0 Å². The van der Waals surface area contributed by atoms with Gasteiger partial charge in [0.15, 0.2) is 5.82 Å². The molecule has 2 heterocycles. The van der Waals surface area contributed by atoms with Crippen LogP contribution in [0.2, 0.25) is 0 Å². The molecular weight excluding hydrogens is 264 g/mol. The van der Waals surface area contributed by atoms with Crippen molar-refractivity contribution in [3.8, 4) is 11.5 Å². The average molecular weight is 280 g/mol. The van der Waals surface area contributed by atoms with Gasteiger partial charge in [0, 0.05) is 17.1 Å². The lowest BCUT2D eigenvalue weighted by atomic mass is 9.98. The Balaban J connectivity index is 1.73. The van der Waals surface area contributed by atoms with Crippen molar-refractivity contribution in [2.75, 3.05) is 0 Å². The zero-order chi connectivity index (χ0) is 14.3. The second kappa shape index (κ2) is 4.63. The Hall–Kier alpha value is -2.27. The van der Waals surface area contributed by atoms with Gasteiger partial charge >= 0.3 is 0 Å². The molecule has 0 unspecified atom stereocenters. The van der Waals surface area contributed by atoms with E-state index in [9.17, 15) is 0 Å². The maximum Gasteiger partial charge on any atom is 0.258 e. The minimum absolute atomic E-state index is 0.417. The van der Waals surface area contributed by atoms with Crippen LogP contribution in [0.1, 0.15) is 31.5 Å². The van der Waals surface area contributed by atoms with Crippen LogP contribution in [-0.4, -0.2) is 15.1 Å². The molecule has 1 fully saturated rings. The number of fused-ring (bicyclic) bond motifs is 1. The predicted octanol–water partition coefficient (Wildman–Crippen LogP) is 3.01. The van der Waals surface area contributed by atoms with Gasteiger partial charge in [-0.3, -0.25) is 4.98 Å². The average Bonchev–Trinajstić information content (AvgIpc) is 3.17. The van der Waals surface area contributed by atoms with Crippen LogP contribution in [0.4, 0.5) is 0 Å². The van der Waals surface area contributed by atoms with Crippen molar-refractivity contribution in [2.45, 2.75) is 31.2 Å². The van der Waals surface area contributed by atoms with Gasteiger partial charge in [0.25, 0.3) is 5.89 Å². The van der Waals surface area contributed by atoms with Crippen LogP contribution in [-0.2, 0) is 5.54 Å². The topological polar surface area (TPSA) is 77.8 Å². The van der Waals surface area contributed by atoms with Crippen LogP contribution in [0.15, 0.2) is 41.1 Å². The van der Waals surface area contributed by atoms with Crippen LogP contribution >= 0.6 is 0 Å². The van der Waals surface area contributed by atoms with Gasteiger partial charge in [0.2, 0.25) is 0 Å². The lowest BCUT2D eigenvalue weighted by Gasteiger charge is -2.17. The molecule has 1 aromatic carbocycles. The van der Waals surface area contributed by atoms with Gasteiger partial charge in [0.1, 0.15) is 0 Å². The Labute approximate surface area is 122 Å². The summed E-state index contributed by atoms with van der Waals surface area (Å²) >= 11 is 0. The van der Waals surface area contributed by atoms with E-state index in [2.05, 4.69) is 15.1 Å². The van der Waals surface area contributed by atoms with E-state index in [1.807, 2.05) is 30.3 Å². The highest BCUT2D eigenvalue weighted by molar-refractivity contribution is 5.82. The molecule has 5 heteroatoms. The lowest BCUT2D eigenvalue weighted by Crippen LogP contribution is -2.34. The molecule has 4 rings (SSSR count). The summed E-state index contributed by atoms with van der Waals surface area (Å²) in [6, 6.07) is 9.85. The monoisotopic (exact) mass is 280 g/mol. The maximum atomic E-state index is 6.37. The van der Waals surface area contributed by atoms with E-state index >= 15 is 0 Å². The predicted molar refractivity (Wildman–Crippen MR) is 79.4 cm³/mol. The number of pyridine rings is 1. The fourth-order valence-electron chi connectivity index (χ4n) is 2.98. The molecule has 2 N–H and O–H groups in total. The molecule has 1 aliphatic rings. The first-order valence-electron chi connectivity index (χ1n) is 7.23. The van der Waals surface area contributed by atoms with Gasteiger partial charge in [-0.1, -0.05) is 24.1 Å². The summed E-state index contributed by atoms with van der Waals surface area (Å²) in [4.78, 5) is 8.83. The largest absolute Gasteiger partial charge is 0.334 e. The van der Waals surface area contributed by atoms with Gasteiger partial charge in [-0.15, -0.1) is 0 Å². The van der Waals surface area contributed by atoms with Crippen molar-refractivity contribution >= 4 is 10.9 Å². The molecule has 3 aromatic rings. The molecule has 0 radical (unpaired) electrons. The number of nitrogens with two attached hydrogens (primary N) is 1. The molecule has 0 bridgehead atoms.